The smallest absolute Gasteiger partial charge is 0.407 e. The summed E-state index contributed by atoms with van der Waals surface area (Å²) < 4.78 is 5.65. The highest BCUT2D eigenvalue weighted by molar-refractivity contribution is 5.87. The highest BCUT2D eigenvalue weighted by Crippen LogP contribution is 2.44. The number of benzene rings is 2. The first kappa shape index (κ1) is 23.8. The molecule has 2 aromatic rings. The zero-order valence-electron chi connectivity index (χ0n) is 20.1. The fraction of sp³-hybridized carbons (Fsp3) is 0.444. The Labute approximate surface area is 200 Å². The number of carbonyl (C=O) groups is 3. The Hall–Kier alpha value is -3.35. The van der Waals surface area contributed by atoms with Crippen LogP contribution in [0.1, 0.15) is 50.7 Å². The molecule has 34 heavy (non-hydrogen) atoms. The second-order valence-electron chi connectivity index (χ2n) is 10.4. The van der Waals surface area contributed by atoms with Gasteiger partial charge in [-0.15, -0.1) is 0 Å². The van der Waals surface area contributed by atoms with Crippen LogP contribution >= 0.6 is 0 Å². The number of aliphatic carboxylic acids is 1. The van der Waals surface area contributed by atoms with Crippen LogP contribution in [0.2, 0.25) is 0 Å². The maximum atomic E-state index is 13.2. The van der Waals surface area contributed by atoms with Gasteiger partial charge >= 0.3 is 12.1 Å². The number of alkyl carbamates (subject to hydrolysis) is 1. The number of hydrogen-bond acceptors (Lipinski definition) is 4. The number of ether oxygens (including phenoxy) is 1. The second kappa shape index (κ2) is 9.12. The van der Waals surface area contributed by atoms with Gasteiger partial charge in [-0.2, -0.15) is 0 Å². The lowest BCUT2D eigenvalue weighted by Gasteiger charge is -2.42. The first-order valence-electron chi connectivity index (χ1n) is 11.7. The quantitative estimate of drug-likeness (QED) is 0.666. The van der Waals surface area contributed by atoms with E-state index in [1.54, 1.807) is 11.9 Å². The molecule has 1 fully saturated rings. The van der Waals surface area contributed by atoms with E-state index in [4.69, 9.17) is 9.84 Å². The summed E-state index contributed by atoms with van der Waals surface area (Å²) in [6.07, 6.45) is 0.222. The van der Waals surface area contributed by atoms with Gasteiger partial charge < -0.3 is 20.1 Å². The number of amides is 2. The van der Waals surface area contributed by atoms with Crippen molar-refractivity contribution in [3.05, 3.63) is 59.7 Å². The fourth-order valence-corrected chi connectivity index (χ4v) is 4.90. The second-order valence-corrected chi connectivity index (χ2v) is 10.4. The Bertz CT molecular complexity index is 1050. The summed E-state index contributed by atoms with van der Waals surface area (Å²) in [4.78, 5) is 38.7. The van der Waals surface area contributed by atoms with Crippen LogP contribution < -0.4 is 5.32 Å². The molecule has 0 spiro atoms. The summed E-state index contributed by atoms with van der Waals surface area (Å²) in [5, 5.41) is 11.9. The van der Waals surface area contributed by atoms with Crippen LogP contribution in [0.3, 0.4) is 0 Å². The Balaban J connectivity index is 1.41. The van der Waals surface area contributed by atoms with Gasteiger partial charge in [0.2, 0.25) is 5.91 Å². The van der Waals surface area contributed by atoms with Gasteiger partial charge in [-0.1, -0.05) is 69.3 Å². The molecule has 2 N–H and O–H groups in total. The first-order chi connectivity index (χ1) is 16.1. The number of likely N-dealkylation sites (N-methyl/N-ethyl adjacent to an activating group) is 1. The van der Waals surface area contributed by atoms with Crippen LogP contribution in [0.25, 0.3) is 11.1 Å². The molecule has 1 saturated carbocycles. The molecule has 7 heteroatoms. The molecule has 0 aromatic heterocycles. The van der Waals surface area contributed by atoms with E-state index < -0.39 is 29.4 Å². The predicted octanol–water partition coefficient (Wildman–Crippen LogP) is 4.26. The summed E-state index contributed by atoms with van der Waals surface area (Å²) >= 11 is 0. The highest BCUT2D eigenvalue weighted by atomic mass is 16.5. The third kappa shape index (κ3) is 4.52. The largest absolute Gasteiger partial charge is 0.481 e. The zero-order valence-corrected chi connectivity index (χ0v) is 20.1. The summed E-state index contributed by atoms with van der Waals surface area (Å²) in [5.74, 6) is -1.55. The van der Waals surface area contributed by atoms with Gasteiger partial charge in [0.1, 0.15) is 12.6 Å². The maximum absolute atomic E-state index is 13.2. The Morgan fingerprint density at radius 2 is 1.56 bits per heavy atom. The van der Waals surface area contributed by atoms with Gasteiger partial charge in [-0.25, -0.2) is 4.79 Å². The monoisotopic (exact) mass is 464 g/mol. The minimum Gasteiger partial charge on any atom is -0.481 e. The normalized spacial score (nSPS) is 19.9. The van der Waals surface area contributed by atoms with Gasteiger partial charge in [0.05, 0.1) is 5.92 Å². The van der Waals surface area contributed by atoms with E-state index in [1.165, 1.54) is 0 Å². The van der Waals surface area contributed by atoms with E-state index in [-0.39, 0.29) is 24.5 Å². The van der Waals surface area contributed by atoms with Crippen molar-refractivity contribution < 1.29 is 24.2 Å². The van der Waals surface area contributed by atoms with Gasteiger partial charge in [0.15, 0.2) is 0 Å². The van der Waals surface area contributed by atoms with Gasteiger partial charge in [0, 0.05) is 19.0 Å². The van der Waals surface area contributed by atoms with Crippen LogP contribution in [-0.4, -0.2) is 53.7 Å². The predicted molar refractivity (Wildman–Crippen MR) is 128 cm³/mol. The topological polar surface area (TPSA) is 95.9 Å². The van der Waals surface area contributed by atoms with Crippen molar-refractivity contribution in [2.75, 3.05) is 13.7 Å². The molecule has 180 valence electrons. The van der Waals surface area contributed by atoms with Crippen LogP contribution in [0.5, 0.6) is 0 Å². The number of nitrogens with zero attached hydrogens (tertiary/aromatic N) is 1. The molecule has 0 radical (unpaired) electrons. The Morgan fingerprint density at radius 1 is 1.03 bits per heavy atom. The number of carbonyl (C=O) groups excluding carboxylic acids is 2. The number of rotatable bonds is 6. The lowest BCUT2D eigenvalue weighted by molar-refractivity contribution is -0.151. The molecule has 2 amide bonds. The lowest BCUT2D eigenvalue weighted by atomic mass is 9.78. The number of carboxylic acids is 1. The minimum atomic E-state index is -0.832. The molecule has 1 atom stereocenters. The first-order valence-corrected chi connectivity index (χ1v) is 11.7. The van der Waals surface area contributed by atoms with Gasteiger partial charge in [-0.05, 0) is 40.5 Å². The molecule has 2 aromatic carbocycles. The molecule has 4 rings (SSSR count). The van der Waals surface area contributed by atoms with Gasteiger partial charge in [0.25, 0.3) is 0 Å². The standard InChI is InChI=1S/C27H32N2O5/c1-27(2,3)23(24(30)29(4)17-13-16(14-17)25(31)32)28-26(33)34-15-22-20-11-7-5-9-18(20)19-10-6-8-12-21(19)22/h5-12,16-17,22-23H,13-15H2,1-4H3,(H,28,33)(H,31,32). The number of fused-ring (bicyclic) bond motifs is 3. The Morgan fingerprint density at radius 3 is 2.06 bits per heavy atom. The Kier molecular flexibility index (Phi) is 6.39. The summed E-state index contributed by atoms with van der Waals surface area (Å²) in [6, 6.07) is 15.3. The average molecular weight is 465 g/mol. The van der Waals surface area contributed by atoms with Crippen LogP contribution in [0, 0.1) is 11.3 Å². The zero-order chi connectivity index (χ0) is 24.6. The minimum absolute atomic E-state index is 0.0625. The molecule has 2 aliphatic rings. The van der Waals surface area contributed by atoms with E-state index in [0.29, 0.717) is 12.8 Å². The third-order valence-electron chi connectivity index (χ3n) is 7.08. The molecule has 1 unspecified atom stereocenters. The van der Waals surface area contributed by atoms with Crippen molar-refractivity contribution >= 4 is 18.0 Å². The van der Waals surface area contributed by atoms with Crippen molar-refractivity contribution in [3.8, 4) is 11.1 Å². The van der Waals surface area contributed by atoms with E-state index >= 15 is 0 Å². The molecule has 0 saturated heterocycles. The number of nitrogens with one attached hydrogen (secondary N) is 1. The molecule has 0 bridgehead atoms. The molecule has 0 heterocycles. The van der Waals surface area contributed by atoms with Crippen molar-refractivity contribution in [1.29, 1.82) is 0 Å². The summed E-state index contributed by atoms with van der Waals surface area (Å²) in [6.45, 7) is 5.82. The van der Waals surface area contributed by atoms with Crippen molar-refractivity contribution in [1.82, 2.24) is 10.2 Å². The molecular weight excluding hydrogens is 432 g/mol. The van der Waals surface area contributed by atoms with Crippen LogP contribution in [-0.2, 0) is 14.3 Å². The SMILES string of the molecule is CN(C(=O)C(NC(=O)OCC1c2ccccc2-c2ccccc21)C(C)(C)C)C1CC(C(=O)O)C1. The lowest BCUT2D eigenvalue weighted by Crippen LogP contribution is -2.58. The van der Waals surface area contributed by atoms with Crippen molar-refractivity contribution in [2.24, 2.45) is 11.3 Å². The number of carboxylic acid groups (broad SMARTS) is 1. The van der Waals surface area contributed by atoms with E-state index in [1.807, 2.05) is 45.0 Å². The van der Waals surface area contributed by atoms with Crippen LogP contribution in [0.4, 0.5) is 4.79 Å². The van der Waals surface area contributed by atoms with E-state index in [0.717, 1.165) is 22.3 Å². The van der Waals surface area contributed by atoms with E-state index in [2.05, 4.69) is 29.6 Å². The van der Waals surface area contributed by atoms with Gasteiger partial charge in [-0.3, -0.25) is 9.59 Å². The third-order valence-corrected chi connectivity index (χ3v) is 7.08. The summed E-state index contributed by atoms with van der Waals surface area (Å²) in [7, 11) is 1.67. The number of hydrogen-bond donors (Lipinski definition) is 2. The van der Waals surface area contributed by atoms with Crippen molar-refractivity contribution in [3.63, 3.8) is 0 Å². The molecular formula is C27H32N2O5. The van der Waals surface area contributed by atoms with Crippen LogP contribution in [0.15, 0.2) is 48.5 Å². The average Bonchev–Trinajstić information content (AvgIpc) is 3.07. The summed E-state index contributed by atoms with van der Waals surface area (Å²) in [5.41, 5.74) is 4.00. The van der Waals surface area contributed by atoms with Crippen molar-refractivity contribution in [2.45, 2.75) is 51.6 Å². The molecule has 0 aliphatic heterocycles. The van der Waals surface area contributed by atoms with E-state index in [9.17, 15) is 14.4 Å². The highest BCUT2D eigenvalue weighted by Gasteiger charge is 2.42. The molecule has 2 aliphatic carbocycles. The fourth-order valence-electron chi connectivity index (χ4n) is 4.90. The molecule has 7 nitrogen and oxygen atoms in total. The maximum Gasteiger partial charge on any atom is 0.407 e.